The van der Waals surface area contributed by atoms with Gasteiger partial charge in [-0.2, -0.15) is 0 Å². The zero-order valence-electron chi connectivity index (χ0n) is 9.21. The Labute approximate surface area is 97.6 Å². The van der Waals surface area contributed by atoms with E-state index in [1.807, 2.05) is 12.1 Å². The van der Waals surface area contributed by atoms with Crippen LogP contribution in [0.4, 0.5) is 0 Å². The molecule has 0 saturated heterocycles. The van der Waals surface area contributed by atoms with Crippen molar-refractivity contribution in [3.05, 3.63) is 34.9 Å². The van der Waals surface area contributed by atoms with E-state index >= 15 is 0 Å². The molecule has 1 aromatic carbocycles. The fraction of sp³-hybridized carbons (Fsp3) is 0.538. The highest BCUT2D eigenvalue weighted by Crippen LogP contribution is 2.12. The first-order chi connectivity index (χ1) is 7.33. The summed E-state index contributed by atoms with van der Waals surface area (Å²) >= 11 is 5.82. The molecule has 2 heteroatoms. The normalized spacial score (nSPS) is 10.5. The van der Waals surface area contributed by atoms with Crippen LogP contribution >= 0.6 is 11.6 Å². The summed E-state index contributed by atoms with van der Waals surface area (Å²) in [7, 11) is 0. The van der Waals surface area contributed by atoms with Gasteiger partial charge in [0.05, 0.1) is 0 Å². The molecule has 1 rings (SSSR count). The molecule has 0 bridgehead atoms. The predicted molar refractivity (Wildman–Crippen MR) is 67.3 cm³/mol. The van der Waals surface area contributed by atoms with Crippen LogP contribution in [-0.4, -0.2) is 6.54 Å². The van der Waals surface area contributed by atoms with Gasteiger partial charge in [-0.25, -0.2) is 0 Å². The molecule has 84 valence electrons. The van der Waals surface area contributed by atoms with Gasteiger partial charge >= 0.3 is 0 Å². The molecule has 0 unspecified atom stereocenters. The summed E-state index contributed by atoms with van der Waals surface area (Å²) in [5.41, 5.74) is 6.82. The smallest absolute Gasteiger partial charge is 0.0406 e. The predicted octanol–water partition coefficient (Wildman–Crippen LogP) is 3.79. The lowest BCUT2D eigenvalue weighted by Gasteiger charge is -2.02. The summed E-state index contributed by atoms with van der Waals surface area (Å²) in [5.74, 6) is 0. The van der Waals surface area contributed by atoms with Gasteiger partial charge in [0.2, 0.25) is 0 Å². The van der Waals surface area contributed by atoms with Gasteiger partial charge in [0.1, 0.15) is 0 Å². The van der Waals surface area contributed by atoms with E-state index in [1.54, 1.807) is 0 Å². The van der Waals surface area contributed by atoms with E-state index < -0.39 is 0 Å². The molecule has 0 fully saturated rings. The minimum absolute atomic E-state index is 0.821. The Morgan fingerprint density at radius 2 is 1.47 bits per heavy atom. The number of nitrogens with two attached hydrogens (primary N) is 1. The fourth-order valence-corrected chi connectivity index (χ4v) is 1.78. The summed E-state index contributed by atoms with van der Waals surface area (Å²) in [6, 6.07) is 8.15. The van der Waals surface area contributed by atoms with Gasteiger partial charge in [0.25, 0.3) is 0 Å². The van der Waals surface area contributed by atoms with Gasteiger partial charge < -0.3 is 5.73 Å². The second-order valence-corrected chi connectivity index (χ2v) is 4.37. The van der Waals surface area contributed by atoms with Gasteiger partial charge in [-0.05, 0) is 43.5 Å². The van der Waals surface area contributed by atoms with Crippen molar-refractivity contribution < 1.29 is 0 Å². The molecule has 0 amide bonds. The third-order valence-corrected chi connectivity index (χ3v) is 2.83. The number of benzene rings is 1. The lowest BCUT2D eigenvalue weighted by molar-refractivity contribution is 0.618. The van der Waals surface area contributed by atoms with Crippen molar-refractivity contribution in [2.45, 2.75) is 38.5 Å². The molecule has 0 radical (unpaired) electrons. The van der Waals surface area contributed by atoms with Crippen molar-refractivity contribution in [1.29, 1.82) is 0 Å². The van der Waals surface area contributed by atoms with Crippen LogP contribution in [-0.2, 0) is 6.42 Å². The first-order valence-corrected chi connectivity index (χ1v) is 6.15. The van der Waals surface area contributed by atoms with Crippen LogP contribution in [0.15, 0.2) is 24.3 Å². The van der Waals surface area contributed by atoms with E-state index in [4.69, 9.17) is 17.3 Å². The van der Waals surface area contributed by atoms with E-state index in [0.717, 1.165) is 11.6 Å². The second-order valence-electron chi connectivity index (χ2n) is 3.93. The molecule has 2 N–H and O–H groups in total. The minimum atomic E-state index is 0.821. The molecular formula is C13H20ClN. The molecule has 0 spiro atoms. The average molecular weight is 226 g/mol. The number of hydrogen-bond acceptors (Lipinski definition) is 1. The Bertz CT molecular complexity index is 256. The zero-order chi connectivity index (χ0) is 10.9. The quantitative estimate of drug-likeness (QED) is 0.702. The molecule has 1 nitrogen and oxygen atoms in total. The third kappa shape index (κ3) is 5.81. The maximum atomic E-state index is 5.82. The second kappa shape index (κ2) is 7.72. The monoisotopic (exact) mass is 225 g/mol. The highest BCUT2D eigenvalue weighted by Gasteiger charge is 1.94. The Hall–Kier alpha value is -0.530. The van der Waals surface area contributed by atoms with E-state index in [2.05, 4.69) is 12.1 Å². The summed E-state index contributed by atoms with van der Waals surface area (Å²) in [5, 5.41) is 0.821. The molecule has 0 aliphatic rings. The molecule has 0 aliphatic heterocycles. The number of rotatable bonds is 7. The third-order valence-electron chi connectivity index (χ3n) is 2.58. The molecule has 0 aromatic heterocycles. The number of hydrogen-bond donors (Lipinski definition) is 1. The Morgan fingerprint density at radius 3 is 2.13 bits per heavy atom. The highest BCUT2D eigenvalue weighted by atomic mass is 35.5. The van der Waals surface area contributed by atoms with Crippen LogP contribution < -0.4 is 5.73 Å². The molecule has 0 atom stereocenters. The molecule has 0 heterocycles. The van der Waals surface area contributed by atoms with Gasteiger partial charge in [-0.3, -0.25) is 0 Å². The number of unbranched alkanes of at least 4 members (excludes halogenated alkanes) is 4. The molecule has 0 saturated carbocycles. The fourth-order valence-electron chi connectivity index (χ4n) is 1.65. The van der Waals surface area contributed by atoms with E-state index in [9.17, 15) is 0 Å². The van der Waals surface area contributed by atoms with Crippen molar-refractivity contribution in [1.82, 2.24) is 0 Å². The van der Waals surface area contributed by atoms with E-state index in [1.165, 1.54) is 44.1 Å². The lowest BCUT2D eigenvalue weighted by Crippen LogP contribution is -1.97. The number of aryl methyl sites for hydroxylation is 1. The Morgan fingerprint density at radius 1 is 0.867 bits per heavy atom. The average Bonchev–Trinajstić information content (AvgIpc) is 2.26. The minimum Gasteiger partial charge on any atom is -0.330 e. The molecule has 15 heavy (non-hydrogen) atoms. The van der Waals surface area contributed by atoms with E-state index in [-0.39, 0.29) is 0 Å². The maximum absolute atomic E-state index is 5.82. The summed E-state index contributed by atoms with van der Waals surface area (Å²) in [4.78, 5) is 0. The summed E-state index contributed by atoms with van der Waals surface area (Å²) in [6.07, 6.45) is 7.50. The van der Waals surface area contributed by atoms with Crippen LogP contribution in [0.1, 0.15) is 37.7 Å². The molecule has 1 aromatic rings. The van der Waals surface area contributed by atoms with Crippen molar-refractivity contribution in [3.8, 4) is 0 Å². The van der Waals surface area contributed by atoms with Crippen LogP contribution in [0, 0.1) is 0 Å². The summed E-state index contributed by atoms with van der Waals surface area (Å²) < 4.78 is 0. The number of halogens is 1. The highest BCUT2D eigenvalue weighted by molar-refractivity contribution is 6.30. The topological polar surface area (TPSA) is 26.0 Å². The molecule has 0 aliphatic carbocycles. The van der Waals surface area contributed by atoms with E-state index in [0.29, 0.717) is 0 Å². The van der Waals surface area contributed by atoms with Crippen LogP contribution in [0.5, 0.6) is 0 Å². The first-order valence-electron chi connectivity index (χ1n) is 5.77. The first kappa shape index (κ1) is 12.5. The van der Waals surface area contributed by atoms with Crippen molar-refractivity contribution in [2.75, 3.05) is 6.54 Å². The standard InChI is InChI=1S/C13H20ClN/c14-13-9-7-12(8-10-13)6-4-2-1-3-5-11-15/h7-10H,1-6,11,15H2. The van der Waals surface area contributed by atoms with Gasteiger partial charge in [0.15, 0.2) is 0 Å². The SMILES string of the molecule is NCCCCCCCc1ccc(Cl)cc1. The molecular weight excluding hydrogens is 206 g/mol. The van der Waals surface area contributed by atoms with Crippen molar-refractivity contribution >= 4 is 11.6 Å². The van der Waals surface area contributed by atoms with Crippen LogP contribution in [0.2, 0.25) is 5.02 Å². The van der Waals surface area contributed by atoms with Gasteiger partial charge in [-0.1, -0.05) is 43.0 Å². The van der Waals surface area contributed by atoms with Crippen LogP contribution in [0.25, 0.3) is 0 Å². The van der Waals surface area contributed by atoms with Crippen molar-refractivity contribution in [2.24, 2.45) is 5.73 Å². The van der Waals surface area contributed by atoms with Crippen molar-refractivity contribution in [3.63, 3.8) is 0 Å². The van der Waals surface area contributed by atoms with Gasteiger partial charge in [-0.15, -0.1) is 0 Å². The largest absolute Gasteiger partial charge is 0.330 e. The zero-order valence-corrected chi connectivity index (χ0v) is 9.97. The van der Waals surface area contributed by atoms with Crippen LogP contribution in [0.3, 0.4) is 0 Å². The summed E-state index contributed by atoms with van der Waals surface area (Å²) in [6.45, 7) is 0.831. The maximum Gasteiger partial charge on any atom is 0.0406 e. The lowest BCUT2D eigenvalue weighted by atomic mass is 10.1. The van der Waals surface area contributed by atoms with Gasteiger partial charge in [0, 0.05) is 5.02 Å². The Kier molecular flexibility index (Phi) is 6.45. The Balaban J connectivity index is 2.07.